The molecule has 0 N–H and O–H groups in total. The van der Waals surface area contributed by atoms with Gasteiger partial charge in [0.05, 0.1) is 10.2 Å². The molecular formula is C12H14Cl2N2S. The molecule has 2 nitrogen and oxygen atoms in total. The van der Waals surface area contributed by atoms with E-state index in [1.807, 2.05) is 18.2 Å². The molecule has 0 amide bonds. The lowest BCUT2D eigenvalue weighted by Crippen LogP contribution is -2.29. The van der Waals surface area contributed by atoms with Gasteiger partial charge >= 0.3 is 0 Å². The molecule has 2 heterocycles. The summed E-state index contributed by atoms with van der Waals surface area (Å²) >= 11 is 7.73. The second-order valence-electron chi connectivity index (χ2n) is 4.16. The standard InChI is InChI=1S/C12H13ClN2S.ClH/c13-9-4-5-10-11(8-9)16-12(14-10)15-6-2-1-3-7-15;/h4-5,8H,1-3,6-7H2;1H. The third kappa shape index (κ3) is 2.67. The molecule has 3 rings (SSSR count). The van der Waals surface area contributed by atoms with Crippen LogP contribution in [0, 0.1) is 0 Å². The number of halogens is 2. The molecule has 1 aromatic heterocycles. The molecule has 1 aliphatic rings. The summed E-state index contributed by atoms with van der Waals surface area (Å²) in [6.45, 7) is 2.29. The number of piperidine rings is 1. The molecule has 1 aromatic carbocycles. The smallest absolute Gasteiger partial charge is 0.186 e. The van der Waals surface area contributed by atoms with Crippen molar-refractivity contribution in [1.29, 1.82) is 0 Å². The molecular weight excluding hydrogens is 275 g/mol. The van der Waals surface area contributed by atoms with Crippen molar-refractivity contribution in [1.82, 2.24) is 4.98 Å². The monoisotopic (exact) mass is 288 g/mol. The van der Waals surface area contributed by atoms with Crippen LogP contribution in [0.15, 0.2) is 18.2 Å². The molecule has 0 spiro atoms. The fourth-order valence-corrected chi connectivity index (χ4v) is 3.40. The molecule has 5 heteroatoms. The number of rotatable bonds is 1. The van der Waals surface area contributed by atoms with E-state index < -0.39 is 0 Å². The van der Waals surface area contributed by atoms with Crippen molar-refractivity contribution in [2.45, 2.75) is 19.3 Å². The molecule has 0 aliphatic carbocycles. The van der Waals surface area contributed by atoms with Gasteiger partial charge in [-0.15, -0.1) is 12.4 Å². The van der Waals surface area contributed by atoms with E-state index in [2.05, 4.69) is 9.88 Å². The van der Waals surface area contributed by atoms with E-state index in [9.17, 15) is 0 Å². The number of nitrogens with zero attached hydrogens (tertiary/aromatic N) is 2. The molecule has 0 bridgehead atoms. The average Bonchev–Trinajstić information content (AvgIpc) is 2.73. The minimum absolute atomic E-state index is 0. The predicted octanol–water partition coefficient (Wildman–Crippen LogP) is 4.36. The second kappa shape index (κ2) is 5.42. The molecule has 1 aliphatic heterocycles. The van der Waals surface area contributed by atoms with E-state index in [0.717, 1.165) is 28.8 Å². The van der Waals surface area contributed by atoms with Crippen LogP contribution >= 0.6 is 35.3 Å². The topological polar surface area (TPSA) is 16.1 Å². The Kier molecular flexibility index (Phi) is 4.13. The summed E-state index contributed by atoms with van der Waals surface area (Å²) < 4.78 is 1.19. The minimum atomic E-state index is 0. The van der Waals surface area contributed by atoms with Gasteiger partial charge in [-0.3, -0.25) is 0 Å². The number of aromatic nitrogens is 1. The highest BCUT2D eigenvalue weighted by molar-refractivity contribution is 7.22. The minimum Gasteiger partial charge on any atom is -0.348 e. The van der Waals surface area contributed by atoms with Crippen molar-refractivity contribution in [3.63, 3.8) is 0 Å². The van der Waals surface area contributed by atoms with Crippen molar-refractivity contribution in [2.75, 3.05) is 18.0 Å². The third-order valence-electron chi connectivity index (χ3n) is 2.97. The van der Waals surface area contributed by atoms with Crippen LogP contribution in [0.1, 0.15) is 19.3 Å². The summed E-state index contributed by atoms with van der Waals surface area (Å²) in [5.41, 5.74) is 1.06. The fraction of sp³-hybridized carbons (Fsp3) is 0.417. The van der Waals surface area contributed by atoms with Crippen LogP contribution < -0.4 is 4.90 Å². The van der Waals surface area contributed by atoms with Crippen LogP contribution in [-0.4, -0.2) is 18.1 Å². The lowest BCUT2D eigenvalue weighted by Gasteiger charge is -2.25. The number of benzene rings is 1. The van der Waals surface area contributed by atoms with Crippen molar-refractivity contribution in [2.24, 2.45) is 0 Å². The summed E-state index contributed by atoms with van der Waals surface area (Å²) in [6, 6.07) is 5.91. The first kappa shape index (κ1) is 12.9. The maximum atomic E-state index is 5.98. The summed E-state index contributed by atoms with van der Waals surface area (Å²) in [6.07, 6.45) is 3.93. The van der Waals surface area contributed by atoms with Crippen molar-refractivity contribution >= 4 is 50.7 Å². The first-order valence-corrected chi connectivity index (χ1v) is 6.83. The summed E-state index contributed by atoms with van der Waals surface area (Å²) in [5.74, 6) is 0. The van der Waals surface area contributed by atoms with E-state index in [4.69, 9.17) is 11.6 Å². The van der Waals surface area contributed by atoms with Crippen LogP contribution in [0.2, 0.25) is 5.02 Å². The lowest BCUT2D eigenvalue weighted by atomic mass is 10.1. The van der Waals surface area contributed by atoms with Gasteiger partial charge in [-0.05, 0) is 37.5 Å². The number of thiazole rings is 1. The Morgan fingerprint density at radius 3 is 2.71 bits per heavy atom. The first-order chi connectivity index (χ1) is 7.83. The molecule has 0 unspecified atom stereocenters. The van der Waals surface area contributed by atoms with Gasteiger partial charge in [-0.2, -0.15) is 0 Å². The molecule has 92 valence electrons. The Labute approximate surface area is 116 Å². The van der Waals surface area contributed by atoms with Gasteiger partial charge in [0.15, 0.2) is 5.13 Å². The van der Waals surface area contributed by atoms with Crippen LogP contribution in [0.25, 0.3) is 10.2 Å². The SMILES string of the molecule is Cl.Clc1ccc2nc(N3CCCCC3)sc2c1. The summed E-state index contributed by atoms with van der Waals surface area (Å²) in [4.78, 5) is 7.05. The second-order valence-corrected chi connectivity index (χ2v) is 5.60. The molecule has 17 heavy (non-hydrogen) atoms. The van der Waals surface area contributed by atoms with E-state index in [1.165, 1.54) is 24.0 Å². The maximum Gasteiger partial charge on any atom is 0.186 e. The summed E-state index contributed by atoms with van der Waals surface area (Å²) in [5, 5.41) is 1.94. The predicted molar refractivity (Wildman–Crippen MR) is 77.9 cm³/mol. The molecule has 1 saturated heterocycles. The highest BCUT2D eigenvalue weighted by Crippen LogP contribution is 2.31. The number of fused-ring (bicyclic) bond motifs is 1. The van der Waals surface area contributed by atoms with Crippen LogP contribution in [0.4, 0.5) is 5.13 Å². The van der Waals surface area contributed by atoms with Gasteiger partial charge in [0.25, 0.3) is 0 Å². The van der Waals surface area contributed by atoms with Gasteiger partial charge in [-0.25, -0.2) is 4.98 Å². The Bertz CT molecular complexity index is 506. The fourth-order valence-electron chi connectivity index (χ4n) is 2.11. The zero-order chi connectivity index (χ0) is 11.0. The lowest BCUT2D eigenvalue weighted by molar-refractivity contribution is 0.577. The maximum absolute atomic E-state index is 5.98. The largest absolute Gasteiger partial charge is 0.348 e. The Morgan fingerprint density at radius 1 is 1.18 bits per heavy atom. The average molecular weight is 289 g/mol. The van der Waals surface area contributed by atoms with Crippen LogP contribution in [0.5, 0.6) is 0 Å². The number of anilines is 1. The normalized spacial score (nSPS) is 15.9. The van der Waals surface area contributed by atoms with E-state index in [-0.39, 0.29) is 12.4 Å². The van der Waals surface area contributed by atoms with E-state index in [0.29, 0.717) is 0 Å². The highest BCUT2D eigenvalue weighted by atomic mass is 35.5. The molecule has 0 radical (unpaired) electrons. The molecule has 0 saturated carbocycles. The first-order valence-electron chi connectivity index (χ1n) is 5.64. The quantitative estimate of drug-likeness (QED) is 0.775. The van der Waals surface area contributed by atoms with Crippen LogP contribution in [-0.2, 0) is 0 Å². The van der Waals surface area contributed by atoms with E-state index in [1.54, 1.807) is 11.3 Å². The van der Waals surface area contributed by atoms with Gasteiger partial charge in [0.2, 0.25) is 0 Å². The van der Waals surface area contributed by atoms with Gasteiger partial charge in [0, 0.05) is 18.1 Å². The molecule has 2 aromatic rings. The summed E-state index contributed by atoms with van der Waals surface area (Å²) in [7, 11) is 0. The van der Waals surface area contributed by atoms with Gasteiger partial charge in [-0.1, -0.05) is 22.9 Å². The zero-order valence-electron chi connectivity index (χ0n) is 9.36. The van der Waals surface area contributed by atoms with Crippen molar-refractivity contribution < 1.29 is 0 Å². The van der Waals surface area contributed by atoms with Gasteiger partial charge < -0.3 is 4.90 Å². The Balaban J connectivity index is 0.00000108. The third-order valence-corrected chi connectivity index (χ3v) is 4.28. The van der Waals surface area contributed by atoms with Gasteiger partial charge in [0.1, 0.15) is 0 Å². The van der Waals surface area contributed by atoms with Crippen molar-refractivity contribution in [3.8, 4) is 0 Å². The van der Waals surface area contributed by atoms with Crippen molar-refractivity contribution in [3.05, 3.63) is 23.2 Å². The highest BCUT2D eigenvalue weighted by Gasteiger charge is 2.14. The number of hydrogen-bond donors (Lipinski definition) is 0. The van der Waals surface area contributed by atoms with Crippen LogP contribution in [0.3, 0.4) is 0 Å². The Hall–Kier alpha value is -0.510. The molecule has 1 fully saturated rings. The van der Waals surface area contributed by atoms with E-state index >= 15 is 0 Å². The number of hydrogen-bond acceptors (Lipinski definition) is 3. The Morgan fingerprint density at radius 2 is 1.94 bits per heavy atom. The molecule has 0 atom stereocenters. The zero-order valence-corrected chi connectivity index (χ0v) is 11.7.